The lowest BCUT2D eigenvalue weighted by Gasteiger charge is -2.42. The number of rotatable bonds is 3. The van der Waals surface area contributed by atoms with Crippen LogP contribution in [0.3, 0.4) is 0 Å². The Bertz CT molecular complexity index is 1500. The largest absolute Gasteiger partial charge is 0.522 e. The highest BCUT2D eigenvalue weighted by Gasteiger charge is 2.37. The number of benzene rings is 2. The zero-order chi connectivity index (χ0) is 32.2. The molecule has 1 saturated carbocycles. The Morgan fingerprint density at radius 3 is 2.67 bits per heavy atom. The number of allylic oxidation sites excluding steroid dienone is 1. The lowest BCUT2D eigenvalue weighted by Crippen LogP contribution is -2.43. The molecule has 2 aliphatic heterocycles. The first-order valence-electron chi connectivity index (χ1n) is 15.3. The summed E-state index contributed by atoms with van der Waals surface area (Å²) in [5.41, 5.74) is 2.81. The molecule has 5 rings (SSSR count). The number of carbonyl (C=O) groups is 1. The lowest BCUT2D eigenvalue weighted by molar-refractivity contribution is -0.324. The molecular weight excluding hydrogens is 633 g/mol. The van der Waals surface area contributed by atoms with Crippen LogP contribution in [-0.2, 0) is 27.8 Å². The summed E-state index contributed by atoms with van der Waals surface area (Å²) in [4.78, 5) is 15.5. The SMILES string of the molecule is O=C1NS(=O)(=O)[C@H](CCOC(F)(F)F)CC/C=C/[C@H](O)[C@@H]2CC[C@H]2CN2CCCCc3cc(Cl)ccc3COc3ccc1cc32. The number of sulfonamides is 1. The number of amides is 1. The molecule has 2 bridgehead atoms. The summed E-state index contributed by atoms with van der Waals surface area (Å²) in [5.74, 6) is -0.184. The normalized spacial score (nSPS) is 26.6. The molecule has 2 aromatic rings. The van der Waals surface area contributed by atoms with Gasteiger partial charge >= 0.3 is 6.36 Å². The minimum atomic E-state index is -4.91. The van der Waals surface area contributed by atoms with Gasteiger partial charge in [0.15, 0.2) is 0 Å². The molecule has 3 aliphatic rings. The van der Waals surface area contributed by atoms with E-state index in [2.05, 4.69) is 14.4 Å². The fourth-order valence-electron chi connectivity index (χ4n) is 6.33. The molecule has 45 heavy (non-hydrogen) atoms. The second kappa shape index (κ2) is 14.3. The number of hydrogen-bond acceptors (Lipinski definition) is 7. The molecule has 2 aromatic carbocycles. The van der Waals surface area contributed by atoms with Gasteiger partial charge in [0, 0.05) is 23.7 Å². The first-order chi connectivity index (χ1) is 21.4. The van der Waals surface area contributed by atoms with Gasteiger partial charge in [0.25, 0.3) is 5.91 Å². The number of nitrogens with one attached hydrogen (secondary N) is 1. The van der Waals surface area contributed by atoms with Gasteiger partial charge in [-0.25, -0.2) is 13.1 Å². The van der Waals surface area contributed by atoms with Crippen molar-refractivity contribution >= 4 is 33.2 Å². The molecule has 0 aromatic heterocycles. The summed E-state index contributed by atoms with van der Waals surface area (Å²) in [5, 5.41) is 10.3. The molecule has 1 amide bonds. The van der Waals surface area contributed by atoms with Gasteiger partial charge in [-0.3, -0.25) is 9.53 Å². The molecule has 2 heterocycles. The maximum atomic E-state index is 13.4. The number of nitrogens with zero attached hydrogens (tertiary/aromatic N) is 1. The van der Waals surface area contributed by atoms with Crippen LogP contribution in [0.4, 0.5) is 18.9 Å². The molecule has 13 heteroatoms. The van der Waals surface area contributed by atoms with Crippen molar-refractivity contribution in [3.05, 3.63) is 70.3 Å². The molecule has 0 saturated heterocycles. The summed E-state index contributed by atoms with van der Waals surface area (Å²) in [6, 6.07) is 10.4. The third kappa shape index (κ3) is 8.72. The number of aryl methyl sites for hydroxylation is 1. The first-order valence-corrected chi connectivity index (χ1v) is 17.2. The van der Waals surface area contributed by atoms with E-state index < -0.39 is 46.7 Å². The van der Waals surface area contributed by atoms with Crippen LogP contribution < -0.4 is 14.4 Å². The van der Waals surface area contributed by atoms with E-state index in [9.17, 15) is 31.5 Å². The van der Waals surface area contributed by atoms with Crippen LogP contribution in [0.5, 0.6) is 5.75 Å². The molecular formula is C32H38ClF3N2O6S. The number of anilines is 1. The van der Waals surface area contributed by atoms with Crippen molar-refractivity contribution in [2.24, 2.45) is 11.8 Å². The lowest BCUT2D eigenvalue weighted by atomic mass is 9.70. The minimum absolute atomic E-state index is 0.00528. The molecule has 0 radical (unpaired) electrons. The van der Waals surface area contributed by atoms with Gasteiger partial charge in [-0.15, -0.1) is 13.2 Å². The van der Waals surface area contributed by atoms with E-state index in [0.717, 1.165) is 43.2 Å². The molecule has 2 N–H and O–H groups in total. The zero-order valence-corrected chi connectivity index (χ0v) is 26.3. The predicted octanol–water partition coefficient (Wildman–Crippen LogP) is 6.15. The highest BCUT2D eigenvalue weighted by molar-refractivity contribution is 7.90. The number of alkyl halides is 3. The van der Waals surface area contributed by atoms with E-state index in [-0.39, 0.29) is 36.8 Å². The average Bonchev–Trinajstić information content (AvgIpc) is 2.98. The average molecular weight is 671 g/mol. The van der Waals surface area contributed by atoms with E-state index in [1.165, 1.54) is 6.07 Å². The topological polar surface area (TPSA) is 105 Å². The number of aliphatic hydroxyl groups is 1. The van der Waals surface area contributed by atoms with Crippen molar-refractivity contribution in [1.82, 2.24) is 4.72 Å². The summed E-state index contributed by atoms with van der Waals surface area (Å²) >= 11 is 6.27. The maximum absolute atomic E-state index is 13.4. The van der Waals surface area contributed by atoms with Crippen LogP contribution in [0.2, 0.25) is 5.02 Å². The second-order valence-electron chi connectivity index (χ2n) is 12.0. The van der Waals surface area contributed by atoms with Crippen LogP contribution in [0.25, 0.3) is 0 Å². The summed E-state index contributed by atoms with van der Waals surface area (Å²) < 4.78 is 76.7. The van der Waals surface area contributed by atoms with Crippen molar-refractivity contribution in [1.29, 1.82) is 0 Å². The molecule has 0 spiro atoms. The fourth-order valence-corrected chi connectivity index (χ4v) is 7.92. The van der Waals surface area contributed by atoms with Crippen LogP contribution in [-0.4, -0.2) is 56.8 Å². The first kappa shape index (κ1) is 33.6. The Hall–Kier alpha value is -2.80. The Labute approximate surface area is 266 Å². The van der Waals surface area contributed by atoms with Crippen LogP contribution in [0, 0.1) is 11.8 Å². The van der Waals surface area contributed by atoms with Crippen LogP contribution in [0.1, 0.15) is 66.4 Å². The third-order valence-corrected chi connectivity index (χ3v) is 11.0. The highest BCUT2D eigenvalue weighted by atomic mass is 35.5. The van der Waals surface area contributed by atoms with E-state index in [4.69, 9.17) is 16.3 Å². The van der Waals surface area contributed by atoms with Crippen molar-refractivity contribution in [2.45, 2.75) is 75.7 Å². The fraction of sp³-hybridized carbons (Fsp3) is 0.531. The second-order valence-corrected chi connectivity index (χ2v) is 14.4. The van der Waals surface area contributed by atoms with E-state index in [1.54, 1.807) is 24.3 Å². The van der Waals surface area contributed by atoms with Gasteiger partial charge in [0.05, 0.1) is 23.6 Å². The Balaban J connectivity index is 1.49. The molecule has 1 aliphatic carbocycles. The predicted molar refractivity (Wildman–Crippen MR) is 165 cm³/mol. The Morgan fingerprint density at radius 2 is 1.91 bits per heavy atom. The standard InChI is InChI=1S/C32H38ClF3N2O6S/c33-25-11-8-24-20-43-30-13-10-22-18-28(30)38(15-4-3-5-21(24)17-25)19-23-9-12-27(23)29(39)7-2-1-6-26(14-16-44-32(34,35)36)45(41,42)37-31(22)40/h2,7-8,10-11,13,17-18,23,26-27,29,39H,1,3-6,9,12,14-16,19-20H2,(H,37,40)/b7-2+/t23-,26-,27+,29-/m0/s1. The molecule has 1 fully saturated rings. The van der Waals surface area contributed by atoms with Gasteiger partial charge in [-0.2, -0.15) is 0 Å². The van der Waals surface area contributed by atoms with E-state index in [0.29, 0.717) is 29.5 Å². The Kier molecular flexibility index (Phi) is 10.7. The number of carbonyl (C=O) groups excluding carboxylic acids is 1. The van der Waals surface area contributed by atoms with Crippen molar-refractivity contribution in [3.8, 4) is 5.75 Å². The molecule has 246 valence electrons. The van der Waals surface area contributed by atoms with Gasteiger partial charge in [0.1, 0.15) is 12.4 Å². The summed E-state index contributed by atoms with van der Waals surface area (Å²) in [6.07, 6.45) is 1.60. The third-order valence-electron chi connectivity index (χ3n) is 8.98. The smallest absolute Gasteiger partial charge is 0.487 e. The molecule has 8 nitrogen and oxygen atoms in total. The van der Waals surface area contributed by atoms with E-state index >= 15 is 0 Å². The molecule has 4 atom stereocenters. The monoisotopic (exact) mass is 670 g/mol. The summed E-state index contributed by atoms with van der Waals surface area (Å²) in [7, 11) is -4.39. The number of fused-ring (bicyclic) bond motifs is 3. The zero-order valence-electron chi connectivity index (χ0n) is 24.8. The van der Waals surface area contributed by atoms with Gasteiger partial charge in [-0.05, 0) is 105 Å². The molecule has 0 unspecified atom stereocenters. The van der Waals surface area contributed by atoms with Crippen molar-refractivity contribution in [3.63, 3.8) is 0 Å². The number of hydrogen-bond donors (Lipinski definition) is 2. The Morgan fingerprint density at radius 1 is 1.09 bits per heavy atom. The van der Waals surface area contributed by atoms with Crippen molar-refractivity contribution in [2.75, 3.05) is 24.6 Å². The van der Waals surface area contributed by atoms with Gasteiger partial charge < -0.3 is 14.7 Å². The number of aliphatic hydroxyl groups excluding tert-OH is 1. The van der Waals surface area contributed by atoms with Crippen molar-refractivity contribution < 1.29 is 41.0 Å². The number of ether oxygens (including phenoxy) is 2. The summed E-state index contributed by atoms with van der Waals surface area (Å²) in [6.45, 7) is 0.658. The highest BCUT2D eigenvalue weighted by Crippen LogP contribution is 2.41. The van der Waals surface area contributed by atoms with Crippen LogP contribution >= 0.6 is 11.6 Å². The van der Waals surface area contributed by atoms with Gasteiger partial charge in [-0.1, -0.05) is 29.8 Å². The quantitative estimate of drug-likeness (QED) is 0.378. The van der Waals surface area contributed by atoms with E-state index in [1.807, 2.05) is 18.2 Å². The van der Waals surface area contributed by atoms with Crippen LogP contribution in [0.15, 0.2) is 48.6 Å². The number of halogens is 4. The van der Waals surface area contributed by atoms with Gasteiger partial charge in [0.2, 0.25) is 10.0 Å². The maximum Gasteiger partial charge on any atom is 0.522 e. The minimum Gasteiger partial charge on any atom is -0.487 e.